The summed E-state index contributed by atoms with van der Waals surface area (Å²) in [6.45, 7) is 0.469. The number of anilines is 2. The maximum absolute atomic E-state index is 11.9. The predicted molar refractivity (Wildman–Crippen MR) is 95.6 cm³/mol. The van der Waals surface area contributed by atoms with Crippen molar-refractivity contribution >= 4 is 23.3 Å². The van der Waals surface area contributed by atoms with E-state index < -0.39 is 12.0 Å². The lowest BCUT2D eigenvalue weighted by Crippen LogP contribution is -2.39. The van der Waals surface area contributed by atoms with Gasteiger partial charge in [0.2, 0.25) is 0 Å². The highest BCUT2D eigenvalue weighted by molar-refractivity contribution is 5.82. The Balaban J connectivity index is 2.25. The van der Waals surface area contributed by atoms with Crippen LogP contribution in [-0.2, 0) is 4.79 Å². The van der Waals surface area contributed by atoms with Crippen molar-refractivity contribution in [1.29, 1.82) is 5.41 Å². The van der Waals surface area contributed by atoms with Crippen molar-refractivity contribution in [3.05, 3.63) is 60.7 Å². The molecule has 0 aliphatic carbocycles. The van der Waals surface area contributed by atoms with Crippen molar-refractivity contribution < 1.29 is 9.90 Å². The third-order valence-electron chi connectivity index (χ3n) is 3.64. The first-order valence-electron chi connectivity index (χ1n) is 7.79. The van der Waals surface area contributed by atoms with E-state index in [4.69, 9.17) is 11.1 Å². The van der Waals surface area contributed by atoms with Gasteiger partial charge < -0.3 is 21.1 Å². The van der Waals surface area contributed by atoms with Crippen LogP contribution >= 0.6 is 0 Å². The number of carboxylic acids is 1. The van der Waals surface area contributed by atoms with E-state index in [1.54, 1.807) is 0 Å². The lowest BCUT2D eigenvalue weighted by Gasteiger charge is -2.31. The molecule has 24 heavy (non-hydrogen) atoms. The highest BCUT2D eigenvalue weighted by atomic mass is 16.4. The van der Waals surface area contributed by atoms with Gasteiger partial charge in [0, 0.05) is 17.9 Å². The van der Waals surface area contributed by atoms with Gasteiger partial charge in [0.15, 0.2) is 5.96 Å². The van der Waals surface area contributed by atoms with Gasteiger partial charge in [-0.2, -0.15) is 0 Å². The third kappa shape index (κ3) is 4.74. The Morgan fingerprint density at radius 1 is 1.08 bits per heavy atom. The molecular weight excluding hydrogens is 304 g/mol. The first-order chi connectivity index (χ1) is 11.6. The van der Waals surface area contributed by atoms with E-state index in [1.165, 1.54) is 0 Å². The number of rotatable bonds is 8. The Labute approximate surface area is 141 Å². The average molecular weight is 326 g/mol. The number of guanidine groups is 1. The standard InChI is InChI=1S/C18H22N4O2/c19-18(20)21-13-7-12-16(17(23)24)22(14-8-3-1-4-9-14)15-10-5-2-6-11-15/h1-6,8-11,16H,7,12-13H2,(H,23,24)(H4,19,20,21)/t16-/m0/s1. The number of benzene rings is 2. The Morgan fingerprint density at radius 3 is 2.00 bits per heavy atom. The van der Waals surface area contributed by atoms with Gasteiger partial charge in [-0.15, -0.1) is 0 Å². The molecule has 126 valence electrons. The van der Waals surface area contributed by atoms with Gasteiger partial charge in [-0.05, 0) is 37.1 Å². The summed E-state index contributed by atoms with van der Waals surface area (Å²) < 4.78 is 0. The Kier molecular flexibility index (Phi) is 6.19. The third-order valence-corrected chi connectivity index (χ3v) is 3.64. The molecule has 2 aromatic carbocycles. The summed E-state index contributed by atoms with van der Waals surface area (Å²) in [6, 6.07) is 18.3. The second-order valence-electron chi connectivity index (χ2n) is 5.38. The number of hydrogen-bond acceptors (Lipinski definition) is 3. The van der Waals surface area contributed by atoms with Gasteiger partial charge in [0.25, 0.3) is 0 Å². The minimum Gasteiger partial charge on any atom is -0.480 e. The smallest absolute Gasteiger partial charge is 0.326 e. The molecule has 0 spiro atoms. The first-order valence-corrected chi connectivity index (χ1v) is 7.79. The molecule has 0 aliphatic rings. The van der Waals surface area contributed by atoms with Gasteiger partial charge in [0.05, 0.1) is 0 Å². The molecule has 0 radical (unpaired) electrons. The maximum atomic E-state index is 11.9. The molecule has 6 heteroatoms. The molecule has 6 nitrogen and oxygen atoms in total. The van der Waals surface area contributed by atoms with E-state index in [2.05, 4.69) is 5.32 Å². The van der Waals surface area contributed by atoms with Crippen molar-refractivity contribution in [2.75, 3.05) is 11.4 Å². The highest BCUT2D eigenvalue weighted by Gasteiger charge is 2.26. The Bertz CT molecular complexity index is 622. The average Bonchev–Trinajstić information content (AvgIpc) is 2.58. The van der Waals surface area contributed by atoms with Gasteiger partial charge >= 0.3 is 5.97 Å². The van der Waals surface area contributed by atoms with Gasteiger partial charge in [0.1, 0.15) is 6.04 Å². The molecule has 2 aromatic rings. The van der Waals surface area contributed by atoms with Crippen molar-refractivity contribution in [3.63, 3.8) is 0 Å². The van der Waals surface area contributed by atoms with Crippen LogP contribution in [0.4, 0.5) is 11.4 Å². The summed E-state index contributed by atoms with van der Waals surface area (Å²) in [7, 11) is 0. The molecule has 0 aliphatic heterocycles. The van der Waals surface area contributed by atoms with Crippen LogP contribution in [0.5, 0.6) is 0 Å². The Hall–Kier alpha value is -3.02. The van der Waals surface area contributed by atoms with Crippen LogP contribution in [0.2, 0.25) is 0 Å². The van der Waals surface area contributed by atoms with Crippen molar-refractivity contribution in [2.45, 2.75) is 18.9 Å². The quantitative estimate of drug-likeness (QED) is 0.339. The lowest BCUT2D eigenvalue weighted by molar-refractivity contribution is -0.138. The van der Waals surface area contributed by atoms with Crippen LogP contribution in [-0.4, -0.2) is 29.6 Å². The van der Waals surface area contributed by atoms with E-state index in [1.807, 2.05) is 65.6 Å². The number of nitrogens with two attached hydrogens (primary N) is 1. The highest BCUT2D eigenvalue weighted by Crippen LogP contribution is 2.29. The van der Waals surface area contributed by atoms with Crippen molar-refractivity contribution in [3.8, 4) is 0 Å². The molecule has 0 saturated carbocycles. The van der Waals surface area contributed by atoms with Gasteiger partial charge in [-0.1, -0.05) is 36.4 Å². The molecule has 1 atom stereocenters. The molecule has 0 aromatic heterocycles. The van der Waals surface area contributed by atoms with Crippen LogP contribution < -0.4 is 16.0 Å². The van der Waals surface area contributed by atoms with Crippen LogP contribution in [0.15, 0.2) is 60.7 Å². The predicted octanol–water partition coefficient (Wildman–Crippen LogP) is 2.54. The number of nitrogens with one attached hydrogen (secondary N) is 2. The zero-order chi connectivity index (χ0) is 17.4. The largest absolute Gasteiger partial charge is 0.480 e. The summed E-state index contributed by atoms with van der Waals surface area (Å²) in [5, 5.41) is 19.6. The van der Waals surface area contributed by atoms with Crippen LogP contribution in [0.3, 0.4) is 0 Å². The van der Waals surface area contributed by atoms with Gasteiger partial charge in [-0.25, -0.2) is 4.79 Å². The molecule has 0 amide bonds. The van der Waals surface area contributed by atoms with Crippen molar-refractivity contribution in [2.24, 2.45) is 5.73 Å². The second kappa shape index (κ2) is 8.57. The number of hydrogen-bond donors (Lipinski definition) is 4. The van der Waals surface area contributed by atoms with Crippen LogP contribution in [0.1, 0.15) is 12.8 Å². The molecule has 0 fully saturated rings. The number of nitrogens with zero attached hydrogens (tertiary/aromatic N) is 1. The van der Waals surface area contributed by atoms with Crippen LogP contribution in [0, 0.1) is 5.41 Å². The van der Waals surface area contributed by atoms with E-state index >= 15 is 0 Å². The van der Waals surface area contributed by atoms with E-state index in [0.717, 1.165) is 11.4 Å². The fourth-order valence-electron chi connectivity index (χ4n) is 2.57. The molecule has 0 bridgehead atoms. The SMILES string of the molecule is N=C(N)NCCC[C@@H](C(=O)O)N(c1ccccc1)c1ccccc1. The maximum Gasteiger partial charge on any atom is 0.326 e. The summed E-state index contributed by atoms with van der Waals surface area (Å²) in [5.41, 5.74) is 6.92. The fraction of sp³-hybridized carbons (Fsp3) is 0.222. The number of carboxylic acid groups (broad SMARTS) is 1. The first kappa shape index (κ1) is 17.3. The minimum atomic E-state index is -0.884. The zero-order valence-electron chi connectivity index (χ0n) is 13.4. The molecule has 0 heterocycles. The monoisotopic (exact) mass is 326 g/mol. The van der Waals surface area contributed by atoms with E-state index in [9.17, 15) is 9.90 Å². The summed E-state index contributed by atoms with van der Waals surface area (Å²) in [4.78, 5) is 13.7. The number of para-hydroxylation sites is 2. The van der Waals surface area contributed by atoms with E-state index in [0.29, 0.717) is 19.4 Å². The molecule has 0 unspecified atom stereocenters. The molecule has 0 saturated heterocycles. The van der Waals surface area contributed by atoms with Crippen LogP contribution in [0.25, 0.3) is 0 Å². The van der Waals surface area contributed by atoms with Crippen molar-refractivity contribution in [1.82, 2.24) is 5.32 Å². The normalized spacial score (nSPS) is 11.5. The number of carbonyl (C=O) groups is 1. The molecule has 5 N–H and O–H groups in total. The topological polar surface area (TPSA) is 102 Å². The minimum absolute atomic E-state index is 0.107. The zero-order valence-corrected chi connectivity index (χ0v) is 13.4. The summed E-state index contributed by atoms with van der Waals surface area (Å²) in [6.07, 6.45) is 1.02. The van der Waals surface area contributed by atoms with E-state index in [-0.39, 0.29) is 5.96 Å². The molecular formula is C18H22N4O2. The second-order valence-corrected chi connectivity index (χ2v) is 5.38. The fourth-order valence-corrected chi connectivity index (χ4v) is 2.57. The molecule has 2 rings (SSSR count). The van der Waals surface area contributed by atoms with Gasteiger partial charge in [-0.3, -0.25) is 5.41 Å². The summed E-state index contributed by atoms with van der Waals surface area (Å²) in [5.74, 6) is -0.990. The number of aliphatic carboxylic acids is 1. The Morgan fingerprint density at radius 2 is 1.58 bits per heavy atom. The lowest BCUT2D eigenvalue weighted by atomic mass is 10.1. The summed E-state index contributed by atoms with van der Waals surface area (Å²) >= 11 is 0.